The maximum atomic E-state index is 13.5. The quantitative estimate of drug-likeness (QED) is 0.544. The number of fused-ring (bicyclic) bond motifs is 1. The number of nitrogens with two attached hydrogens (primary N) is 1. The third-order valence-electron chi connectivity index (χ3n) is 5.09. The Hall–Kier alpha value is -4.18. The molecule has 0 aliphatic heterocycles. The van der Waals surface area contributed by atoms with Crippen LogP contribution in [0, 0.1) is 18.3 Å². The van der Waals surface area contributed by atoms with Crippen LogP contribution in [0.4, 0.5) is 11.6 Å². The number of benzene rings is 1. The monoisotopic (exact) mass is 396 g/mol. The van der Waals surface area contributed by atoms with Crippen molar-refractivity contribution in [3.63, 3.8) is 0 Å². The lowest BCUT2D eigenvalue weighted by atomic mass is 9.96. The first-order chi connectivity index (χ1) is 14.5. The fourth-order valence-electron chi connectivity index (χ4n) is 3.63. The number of nitrogen functional groups attached to an aromatic ring is 1. The average molecular weight is 396 g/mol. The molecule has 4 rings (SSSR count). The lowest BCUT2D eigenvalue weighted by Gasteiger charge is -2.21. The van der Waals surface area contributed by atoms with Crippen molar-refractivity contribution in [2.45, 2.75) is 19.9 Å². The number of hydrogen-bond acceptors (Lipinski definition) is 6. The van der Waals surface area contributed by atoms with Gasteiger partial charge in [0.2, 0.25) is 0 Å². The molecule has 0 spiro atoms. The first-order valence-corrected chi connectivity index (χ1v) is 9.49. The minimum atomic E-state index is -0.320. The summed E-state index contributed by atoms with van der Waals surface area (Å²) in [6, 6.07) is 19.0. The molecule has 3 aromatic heterocycles. The zero-order valence-corrected chi connectivity index (χ0v) is 16.6. The summed E-state index contributed by atoms with van der Waals surface area (Å²) >= 11 is 0. The summed E-state index contributed by atoms with van der Waals surface area (Å²) < 4.78 is 1.71. The lowest BCUT2D eigenvalue weighted by Crippen LogP contribution is -2.22. The maximum absolute atomic E-state index is 13.5. The van der Waals surface area contributed by atoms with Crippen molar-refractivity contribution >= 4 is 17.2 Å². The van der Waals surface area contributed by atoms with E-state index in [9.17, 15) is 10.1 Å². The van der Waals surface area contributed by atoms with Crippen molar-refractivity contribution in [1.82, 2.24) is 14.4 Å². The van der Waals surface area contributed by atoms with Gasteiger partial charge in [0, 0.05) is 11.2 Å². The Morgan fingerprint density at radius 1 is 1.13 bits per heavy atom. The largest absolute Gasteiger partial charge is 0.382 e. The van der Waals surface area contributed by atoms with Gasteiger partial charge in [0.25, 0.3) is 5.56 Å². The first kappa shape index (κ1) is 19.2. The normalized spacial score (nSPS) is 11.8. The van der Waals surface area contributed by atoms with Crippen molar-refractivity contribution in [2.24, 2.45) is 0 Å². The molecule has 7 nitrogen and oxygen atoms in total. The molecule has 0 unspecified atom stereocenters. The molecule has 0 bridgehead atoms. The molecular weight excluding hydrogens is 376 g/mol. The van der Waals surface area contributed by atoms with Crippen LogP contribution in [0.2, 0.25) is 0 Å². The topological polar surface area (TPSA) is 109 Å². The molecule has 1 atom stereocenters. The Balaban J connectivity index is 1.93. The van der Waals surface area contributed by atoms with Gasteiger partial charge in [-0.25, -0.2) is 9.97 Å². The van der Waals surface area contributed by atoms with Gasteiger partial charge in [0.15, 0.2) is 0 Å². The molecule has 0 fully saturated rings. The van der Waals surface area contributed by atoms with Crippen LogP contribution in [-0.2, 0) is 0 Å². The van der Waals surface area contributed by atoms with Gasteiger partial charge in [-0.15, -0.1) is 0 Å². The second-order valence-electron chi connectivity index (χ2n) is 7.03. The molecule has 0 aliphatic rings. The molecule has 7 heteroatoms. The molecule has 0 radical (unpaired) electrons. The number of nitrogens with one attached hydrogen (secondary N) is 1. The smallest absolute Gasteiger partial charge is 0.263 e. The number of aromatic nitrogens is 3. The van der Waals surface area contributed by atoms with E-state index >= 15 is 0 Å². The van der Waals surface area contributed by atoms with Gasteiger partial charge in [0.1, 0.15) is 29.6 Å². The van der Waals surface area contributed by atoms with Crippen LogP contribution in [0.25, 0.3) is 16.6 Å². The predicted molar refractivity (Wildman–Crippen MR) is 117 cm³/mol. The summed E-state index contributed by atoms with van der Waals surface area (Å²) in [5.41, 5.74) is 9.79. The Morgan fingerprint density at radius 2 is 1.90 bits per heavy atom. The number of aryl methyl sites for hydroxylation is 1. The molecule has 148 valence electrons. The van der Waals surface area contributed by atoms with Crippen LogP contribution in [0.1, 0.15) is 29.8 Å². The molecule has 0 amide bonds. The highest BCUT2D eigenvalue weighted by Gasteiger charge is 2.20. The molecular formula is C23H20N6O. The highest BCUT2D eigenvalue weighted by molar-refractivity contribution is 5.72. The fourth-order valence-corrected chi connectivity index (χ4v) is 3.63. The second-order valence-corrected chi connectivity index (χ2v) is 7.03. The van der Waals surface area contributed by atoms with E-state index in [1.807, 2.05) is 74.5 Å². The Bertz CT molecular complexity index is 1340. The number of nitriles is 1. The summed E-state index contributed by atoms with van der Waals surface area (Å²) in [4.78, 5) is 21.6. The van der Waals surface area contributed by atoms with Crippen molar-refractivity contribution in [3.8, 4) is 17.2 Å². The fraction of sp³-hybridized carbons (Fsp3) is 0.130. The molecule has 0 aliphatic carbocycles. The van der Waals surface area contributed by atoms with E-state index in [-0.39, 0.29) is 23.0 Å². The Morgan fingerprint density at radius 3 is 2.63 bits per heavy atom. The third kappa shape index (κ3) is 3.25. The van der Waals surface area contributed by atoms with Crippen molar-refractivity contribution in [1.29, 1.82) is 5.26 Å². The summed E-state index contributed by atoms with van der Waals surface area (Å²) in [5, 5.41) is 12.7. The average Bonchev–Trinajstić information content (AvgIpc) is 2.74. The van der Waals surface area contributed by atoms with Crippen LogP contribution in [0.15, 0.2) is 65.7 Å². The molecule has 3 N–H and O–H groups in total. The van der Waals surface area contributed by atoms with Crippen LogP contribution < -0.4 is 16.6 Å². The lowest BCUT2D eigenvalue weighted by molar-refractivity contribution is 0.863. The standard InChI is InChI=1S/C23H20N6O/c1-14-7-6-10-17-11-18(15(2)28-22-19(12-24)21(25)26-13-27-22)20(23(30)29(14)17)16-8-4-3-5-9-16/h3-11,13,15H,1-2H3,(H3,25,26,27,28)/t15-/m0/s1. The van der Waals surface area contributed by atoms with Gasteiger partial charge >= 0.3 is 0 Å². The van der Waals surface area contributed by atoms with Crippen LogP contribution in [0.5, 0.6) is 0 Å². The molecule has 30 heavy (non-hydrogen) atoms. The van der Waals surface area contributed by atoms with Gasteiger partial charge in [-0.3, -0.25) is 9.20 Å². The molecule has 1 aromatic carbocycles. The number of nitrogens with zero attached hydrogens (tertiary/aromatic N) is 4. The van der Waals surface area contributed by atoms with Crippen molar-refractivity contribution in [3.05, 3.63) is 88.1 Å². The molecule has 4 aromatic rings. The summed E-state index contributed by atoms with van der Waals surface area (Å²) in [6.45, 7) is 3.83. The van der Waals surface area contributed by atoms with E-state index < -0.39 is 0 Å². The van der Waals surface area contributed by atoms with Crippen LogP contribution in [0.3, 0.4) is 0 Å². The van der Waals surface area contributed by atoms with E-state index in [0.717, 1.165) is 22.3 Å². The van der Waals surface area contributed by atoms with E-state index in [1.54, 1.807) is 4.40 Å². The van der Waals surface area contributed by atoms with Crippen LogP contribution >= 0.6 is 0 Å². The number of rotatable bonds is 4. The Labute approximate surface area is 173 Å². The third-order valence-corrected chi connectivity index (χ3v) is 5.09. The van der Waals surface area contributed by atoms with Crippen molar-refractivity contribution < 1.29 is 0 Å². The predicted octanol–water partition coefficient (Wildman–Crippen LogP) is 3.69. The highest BCUT2D eigenvalue weighted by atomic mass is 16.1. The van der Waals surface area contributed by atoms with Gasteiger partial charge in [-0.1, -0.05) is 36.4 Å². The zero-order chi connectivity index (χ0) is 21.3. The minimum absolute atomic E-state index is 0.0943. The van der Waals surface area contributed by atoms with E-state index in [0.29, 0.717) is 11.4 Å². The SMILES string of the molecule is Cc1cccc2cc([C@H](C)Nc3ncnc(N)c3C#N)c(-c3ccccc3)c(=O)n12. The van der Waals surface area contributed by atoms with Crippen molar-refractivity contribution in [2.75, 3.05) is 11.1 Å². The number of hydrogen-bond donors (Lipinski definition) is 2. The van der Waals surface area contributed by atoms with Crippen LogP contribution in [-0.4, -0.2) is 14.4 Å². The molecule has 3 heterocycles. The zero-order valence-electron chi connectivity index (χ0n) is 16.6. The first-order valence-electron chi connectivity index (χ1n) is 9.49. The molecule has 0 saturated heterocycles. The van der Waals surface area contributed by atoms with Gasteiger partial charge in [-0.05, 0) is 43.2 Å². The van der Waals surface area contributed by atoms with E-state index in [1.165, 1.54) is 6.33 Å². The summed E-state index contributed by atoms with van der Waals surface area (Å²) in [5.74, 6) is 0.445. The van der Waals surface area contributed by atoms with E-state index in [2.05, 4.69) is 15.3 Å². The Kier molecular flexibility index (Phi) is 4.90. The summed E-state index contributed by atoms with van der Waals surface area (Å²) in [7, 11) is 0. The summed E-state index contributed by atoms with van der Waals surface area (Å²) in [6.07, 6.45) is 1.31. The second kappa shape index (κ2) is 7.68. The number of pyridine rings is 2. The minimum Gasteiger partial charge on any atom is -0.382 e. The molecule has 0 saturated carbocycles. The van der Waals surface area contributed by atoms with Gasteiger partial charge in [-0.2, -0.15) is 5.26 Å². The van der Waals surface area contributed by atoms with Gasteiger partial charge < -0.3 is 11.1 Å². The highest BCUT2D eigenvalue weighted by Crippen LogP contribution is 2.30. The van der Waals surface area contributed by atoms with Gasteiger partial charge in [0.05, 0.1) is 11.6 Å². The maximum Gasteiger partial charge on any atom is 0.263 e. The number of anilines is 2. The van der Waals surface area contributed by atoms with E-state index in [4.69, 9.17) is 5.73 Å².